The van der Waals surface area contributed by atoms with Gasteiger partial charge in [-0.05, 0) is 79.7 Å². The Labute approximate surface area is 230 Å². The summed E-state index contributed by atoms with van der Waals surface area (Å²) in [6.45, 7) is 5.06. The van der Waals surface area contributed by atoms with Crippen molar-refractivity contribution in [3.05, 3.63) is 76.7 Å². The quantitative estimate of drug-likeness (QED) is 0.314. The van der Waals surface area contributed by atoms with E-state index < -0.39 is 11.8 Å². The smallest absolute Gasteiger partial charge is 0.303 e. The van der Waals surface area contributed by atoms with Crippen LogP contribution in [-0.2, 0) is 17.6 Å². The molecule has 0 amide bonds. The average molecular weight is 535 g/mol. The van der Waals surface area contributed by atoms with Crippen LogP contribution in [0.25, 0.3) is 11.1 Å². The van der Waals surface area contributed by atoms with Gasteiger partial charge in [-0.1, -0.05) is 50.5 Å². The van der Waals surface area contributed by atoms with Crippen molar-refractivity contribution in [3.63, 3.8) is 0 Å². The maximum atomic E-state index is 14.9. The summed E-state index contributed by atoms with van der Waals surface area (Å²) in [7, 11) is 3.57. The fourth-order valence-electron chi connectivity index (χ4n) is 4.68. The first-order chi connectivity index (χ1) is 18.8. The molecule has 2 aliphatic rings. The Morgan fingerprint density at radius 2 is 1.95 bits per heavy atom. The van der Waals surface area contributed by atoms with Crippen LogP contribution in [0.4, 0.5) is 4.39 Å². The highest BCUT2D eigenvalue weighted by Crippen LogP contribution is 2.40. The predicted octanol–water partition coefficient (Wildman–Crippen LogP) is 7.16. The van der Waals surface area contributed by atoms with E-state index in [-0.39, 0.29) is 18.6 Å². The average Bonchev–Trinajstić information content (AvgIpc) is 3.85. The van der Waals surface area contributed by atoms with Gasteiger partial charge in [0.2, 0.25) is 5.88 Å². The number of aromatic nitrogens is 1. The molecule has 1 fully saturated rings. The van der Waals surface area contributed by atoms with E-state index >= 15 is 0 Å². The Bertz CT molecular complexity index is 1290. The summed E-state index contributed by atoms with van der Waals surface area (Å²) in [6, 6.07) is 13.8. The SMILES string of the molecule is C1CC1.CCN(C)C(C)c1cc([C@@H]2CCc3ccc(CCC(=O)O)cc3O2)ccc1-c1cc(OC)ncc1F. The van der Waals surface area contributed by atoms with E-state index in [9.17, 15) is 9.18 Å². The van der Waals surface area contributed by atoms with Gasteiger partial charge in [0.05, 0.1) is 13.3 Å². The van der Waals surface area contributed by atoms with Gasteiger partial charge < -0.3 is 14.6 Å². The number of hydrogen-bond acceptors (Lipinski definition) is 5. The predicted molar refractivity (Wildman–Crippen MR) is 151 cm³/mol. The Morgan fingerprint density at radius 3 is 2.62 bits per heavy atom. The minimum atomic E-state index is -0.812. The van der Waals surface area contributed by atoms with Gasteiger partial charge in [-0.2, -0.15) is 0 Å². The van der Waals surface area contributed by atoms with Crippen molar-refractivity contribution in [2.24, 2.45) is 0 Å². The normalized spacial score (nSPS) is 16.4. The number of fused-ring (bicyclic) bond motifs is 1. The van der Waals surface area contributed by atoms with E-state index in [4.69, 9.17) is 14.6 Å². The maximum absolute atomic E-state index is 14.9. The van der Waals surface area contributed by atoms with E-state index in [1.54, 1.807) is 6.07 Å². The summed E-state index contributed by atoms with van der Waals surface area (Å²) < 4.78 is 26.6. The van der Waals surface area contributed by atoms with Crippen LogP contribution in [0.15, 0.2) is 48.7 Å². The van der Waals surface area contributed by atoms with Crippen LogP contribution in [0.2, 0.25) is 0 Å². The highest BCUT2D eigenvalue weighted by Gasteiger charge is 2.25. The van der Waals surface area contributed by atoms with Crippen molar-refractivity contribution >= 4 is 5.97 Å². The molecule has 0 saturated heterocycles. The van der Waals surface area contributed by atoms with Crippen LogP contribution in [0.5, 0.6) is 11.6 Å². The van der Waals surface area contributed by atoms with E-state index in [2.05, 4.69) is 36.8 Å². The third kappa shape index (κ3) is 7.35. The van der Waals surface area contributed by atoms with Crippen LogP contribution < -0.4 is 9.47 Å². The first kappa shape index (κ1) is 28.6. The number of halogens is 1. The molecule has 1 aliphatic heterocycles. The van der Waals surface area contributed by atoms with E-state index in [1.807, 2.05) is 30.3 Å². The molecule has 1 saturated carbocycles. The van der Waals surface area contributed by atoms with Crippen molar-refractivity contribution in [3.8, 4) is 22.8 Å². The Hall–Kier alpha value is -3.45. The molecule has 6 nitrogen and oxygen atoms in total. The van der Waals surface area contributed by atoms with Crippen molar-refractivity contribution in [2.75, 3.05) is 20.7 Å². The largest absolute Gasteiger partial charge is 0.485 e. The molecule has 2 atom stereocenters. The first-order valence-electron chi connectivity index (χ1n) is 13.8. The standard InChI is InChI=1S/C29H33FN2O4.C3H6/c1-5-32(3)18(2)23-15-21(9-11-22(23)24-16-28(35-4)31-17-25(24)30)26-12-10-20-8-6-19(7-13-29(33)34)14-27(20)36-26;1-2-3-1/h6,8-9,11,14-18,26H,5,7,10,12-13H2,1-4H3,(H,33,34);1-3H2/t18?,26-;/m0./s1. The summed E-state index contributed by atoms with van der Waals surface area (Å²) in [5, 5.41) is 9.01. The van der Waals surface area contributed by atoms with Gasteiger partial charge in [0, 0.05) is 24.1 Å². The third-order valence-corrected chi connectivity index (χ3v) is 7.44. The number of pyridine rings is 1. The lowest BCUT2D eigenvalue weighted by atomic mass is 9.89. The number of aryl methyl sites for hydroxylation is 2. The van der Waals surface area contributed by atoms with Crippen molar-refractivity contribution in [1.29, 1.82) is 0 Å². The zero-order valence-corrected chi connectivity index (χ0v) is 23.4. The van der Waals surface area contributed by atoms with Gasteiger partial charge in [0.15, 0.2) is 0 Å². The molecule has 1 N–H and O–H groups in total. The van der Waals surface area contributed by atoms with E-state index in [0.717, 1.165) is 53.0 Å². The second-order valence-electron chi connectivity index (χ2n) is 10.3. The molecule has 0 bridgehead atoms. The highest BCUT2D eigenvalue weighted by molar-refractivity contribution is 5.70. The molecule has 0 spiro atoms. The van der Waals surface area contributed by atoms with Crippen LogP contribution >= 0.6 is 0 Å². The van der Waals surface area contributed by atoms with Crippen LogP contribution in [0.3, 0.4) is 0 Å². The number of aliphatic carboxylic acids is 1. The van der Waals surface area contributed by atoms with Crippen molar-refractivity contribution in [2.45, 2.75) is 70.9 Å². The van der Waals surface area contributed by atoms with Crippen LogP contribution in [0.1, 0.15) is 80.4 Å². The van der Waals surface area contributed by atoms with Gasteiger partial charge in [-0.3, -0.25) is 9.69 Å². The fraction of sp³-hybridized carbons (Fsp3) is 0.438. The highest BCUT2D eigenvalue weighted by atomic mass is 19.1. The Morgan fingerprint density at radius 1 is 1.18 bits per heavy atom. The number of benzene rings is 2. The van der Waals surface area contributed by atoms with E-state index in [0.29, 0.717) is 17.9 Å². The second-order valence-corrected chi connectivity index (χ2v) is 10.3. The number of rotatable bonds is 9. The molecule has 208 valence electrons. The van der Waals surface area contributed by atoms with Gasteiger partial charge in [0.25, 0.3) is 0 Å². The van der Waals surface area contributed by atoms with Crippen molar-refractivity contribution < 1.29 is 23.8 Å². The monoisotopic (exact) mass is 534 g/mol. The van der Waals surface area contributed by atoms with Crippen LogP contribution in [-0.4, -0.2) is 41.7 Å². The summed E-state index contributed by atoms with van der Waals surface area (Å²) in [5.41, 5.74) is 5.39. The zero-order valence-electron chi connectivity index (χ0n) is 23.4. The second kappa shape index (κ2) is 13.1. The molecule has 1 unspecified atom stereocenters. The number of methoxy groups -OCH3 is 1. The molecule has 2 heterocycles. The zero-order chi connectivity index (χ0) is 27.9. The molecule has 7 heteroatoms. The topological polar surface area (TPSA) is 71.9 Å². The molecular formula is C32H39FN2O4. The van der Waals surface area contributed by atoms with E-state index in [1.165, 1.54) is 32.6 Å². The first-order valence-corrected chi connectivity index (χ1v) is 13.8. The summed E-state index contributed by atoms with van der Waals surface area (Å²) in [5.74, 6) is -0.0336. The number of nitrogens with zero attached hydrogens (tertiary/aromatic N) is 2. The number of carboxylic acids is 1. The molecule has 1 aliphatic carbocycles. The van der Waals surface area contributed by atoms with Gasteiger partial charge >= 0.3 is 5.97 Å². The number of carboxylic acid groups (broad SMARTS) is 1. The molecule has 2 aromatic carbocycles. The third-order valence-electron chi connectivity index (χ3n) is 7.44. The van der Waals surface area contributed by atoms with Gasteiger partial charge in [-0.15, -0.1) is 0 Å². The molecule has 0 radical (unpaired) electrons. The van der Waals surface area contributed by atoms with Crippen LogP contribution in [0, 0.1) is 5.82 Å². The lowest BCUT2D eigenvalue weighted by molar-refractivity contribution is -0.136. The molecular weight excluding hydrogens is 495 g/mol. The molecule has 3 aromatic rings. The number of ether oxygens (including phenoxy) is 2. The number of carbonyl (C=O) groups is 1. The summed E-state index contributed by atoms with van der Waals surface area (Å²) >= 11 is 0. The molecule has 5 rings (SSSR count). The number of hydrogen-bond donors (Lipinski definition) is 1. The molecule has 1 aromatic heterocycles. The Kier molecular flexibility index (Phi) is 9.57. The lowest BCUT2D eigenvalue weighted by Gasteiger charge is -2.30. The van der Waals surface area contributed by atoms with Crippen molar-refractivity contribution in [1.82, 2.24) is 9.88 Å². The minimum Gasteiger partial charge on any atom is -0.485 e. The molecule has 39 heavy (non-hydrogen) atoms. The summed E-state index contributed by atoms with van der Waals surface area (Å²) in [4.78, 5) is 17.2. The van der Waals surface area contributed by atoms with Gasteiger partial charge in [0.1, 0.15) is 17.7 Å². The Balaban J connectivity index is 0.00000110. The minimum absolute atomic E-state index is 0.0435. The lowest BCUT2D eigenvalue weighted by Crippen LogP contribution is -2.23. The van der Waals surface area contributed by atoms with Gasteiger partial charge in [-0.25, -0.2) is 9.37 Å². The fourth-order valence-corrected chi connectivity index (χ4v) is 4.68. The summed E-state index contributed by atoms with van der Waals surface area (Å²) in [6.07, 6.45) is 7.82. The maximum Gasteiger partial charge on any atom is 0.303 e.